The first-order chi connectivity index (χ1) is 15.2. The van der Waals surface area contributed by atoms with Gasteiger partial charge in [0.25, 0.3) is 0 Å². The summed E-state index contributed by atoms with van der Waals surface area (Å²) in [6.45, 7) is 6.69. The Morgan fingerprint density at radius 1 is 1.28 bits per heavy atom. The normalized spacial score (nSPS) is 33.1. The van der Waals surface area contributed by atoms with Crippen LogP contribution in [0.2, 0.25) is 5.02 Å². The van der Waals surface area contributed by atoms with Crippen molar-refractivity contribution < 1.29 is 19.4 Å². The van der Waals surface area contributed by atoms with Gasteiger partial charge < -0.3 is 20.5 Å². The molecule has 178 valence electrons. The lowest BCUT2D eigenvalue weighted by molar-refractivity contribution is -0.144. The first-order valence-electron chi connectivity index (χ1n) is 11.7. The van der Waals surface area contributed by atoms with Gasteiger partial charge in [-0.25, -0.2) is 0 Å². The molecule has 3 N–H and O–H groups in total. The van der Waals surface area contributed by atoms with Crippen LogP contribution in [0.4, 0.5) is 0 Å². The molecule has 2 saturated carbocycles. The monoisotopic (exact) mass is 464 g/mol. The zero-order valence-electron chi connectivity index (χ0n) is 19.6. The van der Waals surface area contributed by atoms with Crippen LogP contribution in [0.3, 0.4) is 0 Å². The summed E-state index contributed by atoms with van der Waals surface area (Å²) in [6, 6.07) is 7.48. The predicted octanol–water partition coefficient (Wildman–Crippen LogP) is 3.55. The number of amides is 2. The average molecular weight is 465 g/mol. The van der Waals surface area contributed by atoms with Crippen molar-refractivity contribution in [2.24, 2.45) is 29.1 Å². The molecule has 2 amide bonds. The Morgan fingerprint density at radius 3 is 2.66 bits per heavy atom. The molecular formula is C25H37ClN2O4. The Labute approximate surface area is 196 Å². The largest absolute Gasteiger partial charge is 0.392 e. The Bertz CT molecular complexity index is 819. The molecule has 2 aliphatic rings. The van der Waals surface area contributed by atoms with E-state index in [1.54, 1.807) is 0 Å². The standard InChI is InChI=1S/C25H37ClN2O4/c1-15(24(31)27-13-17-7-5-6-8-19(17)26)18-9-11-25(3)12-10-20(28-21(29)14-32-4)16(2)22(25)23(18)30/h5-8,15-16,18,20,22-23,30H,9-14H2,1-4H3,(H,27,31)(H,28,29)/t15-,16-,18+,20-,22+,23-,25+/m0/s1. The molecule has 0 unspecified atom stereocenters. The van der Waals surface area contributed by atoms with Gasteiger partial charge in [0.2, 0.25) is 11.8 Å². The number of hydrogen-bond acceptors (Lipinski definition) is 4. The molecule has 0 bridgehead atoms. The lowest BCUT2D eigenvalue weighted by atomic mass is 9.51. The third-order valence-corrected chi connectivity index (χ3v) is 8.34. The maximum Gasteiger partial charge on any atom is 0.246 e. The summed E-state index contributed by atoms with van der Waals surface area (Å²) in [5, 5.41) is 18.2. The van der Waals surface area contributed by atoms with E-state index < -0.39 is 6.10 Å². The second-order valence-electron chi connectivity index (χ2n) is 9.98. The third-order valence-electron chi connectivity index (χ3n) is 7.98. The van der Waals surface area contributed by atoms with Crippen molar-refractivity contribution >= 4 is 23.4 Å². The Morgan fingerprint density at radius 2 is 1.97 bits per heavy atom. The minimum absolute atomic E-state index is 0.00785. The first-order valence-corrected chi connectivity index (χ1v) is 12.0. The van der Waals surface area contributed by atoms with Crippen LogP contribution in [-0.4, -0.2) is 42.8 Å². The molecule has 3 rings (SSSR count). The van der Waals surface area contributed by atoms with E-state index in [-0.39, 0.29) is 53.5 Å². The van der Waals surface area contributed by atoms with E-state index in [2.05, 4.69) is 24.5 Å². The summed E-state index contributed by atoms with van der Waals surface area (Å²) in [6.07, 6.45) is 3.06. The van der Waals surface area contributed by atoms with Gasteiger partial charge in [0.15, 0.2) is 0 Å². The summed E-state index contributed by atoms with van der Waals surface area (Å²) < 4.78 is 4.95. The van der Waals surface area contributed by atoms with Crippen molar-refractivity contribution in [3.8, 4) is 0 Å². The topological polar surface area (TPSA) is 87.7 Å². The molecule has 32 heavy (non-hydrogen) atoms. The van der Waals surface area contributed by atoms with Gasteiger partial charge in [0.05, 0.1) is 6.10 Å². The van der Waals surface area contributed by atoms with Crippen LogP contribution in [0.25, 0.3) is 0 Å². The number of carbonyl (C=O) groups excluding carboxylic acids is 2. The highest BCUT2D eigenvalue weighted by Gasteiger charge is 2.53. The number of fused-ring (bicyclic) bond motifs is 1. The van der Waals surface area contributed by atoms with E-state index in [9.17, 15) is 14.7 Å². The first kappa shape index (κ1) is 25.0. The van der Waals surface area contributed by atoms with Crippen molar-refractivity contribution in [2.45, 2.75) is 65.1 Å². The number of rotatable bonds is 7. The number of aliphatic hydroxyl groups excluding tert-OH is 1. The van der Waals surface area contributed by atoms with E-state index in [1.165, 1.54) is 7.11 Å². The highest BCUT2D eigenvalue weighted by atomic mass is 35.5. The molecule has 1 aromatic rings. The number of nitrogens with one attached hydrogen (secondary N) is 2. The number of benzene rings is 1. The fourth-order valence-corrected chi connectivity index (χ4v) is 6.26. The van der Waals surface area contributed by atoms with Crippen LogP contribution in [0.1, 0.15) is 52.0 Å². The zero-order chi connectivity index (χ0) is 23.5. The van der Waals surface area contributed by atoms with E-state index >= 15 is 0 Å². The number of methoxy groups -OCH3 is 1. The molecular weight excluding hydrogens is 428 g/mol. The van der Waals surface area contributed by atoms with Crippen molar-refractivity contribution in [1.29, 1.82) is 0 Å². The fraction of sp³-hybridized carbons (Fsp3) is 0.680. The highest BCUT2D eigenvalue weighted by molar-refractivity contribution is 6.31. The highest BCUT2D eigenvalue weighted by Crippen LogP contribution is 2.55. The number of carbonyl (C=O) groups is 2. The molecule has 2 fully saturated rings. The van der Waals surface area contributed by atoms with Gasteiger partial charge in [0.1, 0.15) is 6.61 Å². The summed E-state index contributed by atoms with van der Waals surface area (Å²) in [5.74, 6) is -0.469. The average Bonchev–Trinajstić information content (AvgIpc) is 2.75. The molecule has 0 heterocycles. The molecule has 0 aliphatic heterocycles. The second-order valence-corrected chi connectivity index (χ2v) is 10.4. The Balaban J connectivity index is 1.67. The van der Waals surface area contributed by atoms with Gasteiger partial charge in [0, 0.05) is 30.6 Å². The summed E-state index contributed by atoms with van der Waals surface area (Å²) in [4.78, 5) is 25.0. The van der Waals surface area contributed by atoms with Gasteiger partial charge >= 0.3 is 0 Å². The summed E-state index contributed by atoms with van der Waals surface area (Å²) in [7, 11) is 1.51. The molecule has 2 aliphatic carbocycles. The summed E-state index contributed by atoms with van der Waals surface area (Å²) >= 11 is 6.21. The van der Waals surface area contributed by atoms with E-state index in [4.69, 9.17) is 16.3 Å². The van der Waals surface area contributed by atoms with E-state index in [1.807, 2.05) is 31.2 Å². The smallest absolute Gasteiger partial charge is 0.246 e. The number of ether oxygens (including phenoxy) is 1. The van der Waals surface area contributed by atoms with Crippen LogP contribution < -0.4 is 10.6 Å². The van der Waals surface area contributed by atoms with E-state index in [0.717, 1.165) is 31.2 Å². The SMILES string of the molecule is COCC(=O)N[C@H]1CC[C@@]2(C)CC[C@H]([C@H](C)C(=O)NCc3ccccc3Cl)[C@H](O)[C@H]2[C@H]1C. The Hall–Kier alpha value is -1.63. The van der Waals surface area contributed by atoms with Crippen LogP contribution in [0.15, 0.2) is 24.3 Å². The number of halogens is 1. The van der Waals surface area contributed by atoms with Crippen molar-refractivity contribution in [2.75, 3.05) is 13.7 Å². The lowest BCUT2D eigenvalue weighted by Crippen LogP contribution is -2.58. The number of aliphatic hydroxyl groups is 1. The summed E-state index contributed by atoms with van der Waals surface area (Å²) in [5.41, 5.74) is 0.896. The van der Waals surface area contributed by atoms with E-state index in [0.29, 0.717) is 11.6 Å². The zero-order valence-corrected chi connectivity index (χ0v) is 20.3. The minimum atomic E-state index is -0.591. The Kier molecular flexibility index (Phi) is 8.23. The van der Waals surface area contributed by atoms with Gasteiger partial charge in [-0.05, 0) is 60.5 Å². The lowest BCUT2D eigenvalue weighted by Gasteiger charge is -2.56. The van der Waals surface area contributed by atoms with Crippen molar-refractivity contribution in [3.63, 3.8) is 0 Å². The maximum absolute atomic E-state index is 12.9. The second kappa shape index (κ2) is 10.5. The molecule has 0 aromatic heterocycles. The molecule has 1 aromatic carbocycles. The van der Waals surface area contributed by atoms with Crippen molar-refractivity contribution in [1.82, 2.24) is 10.6 Å². The molecule has 0 spiro atoms. The van der Waals surface area contributed by atoms with Crippen molar-refractivity contribution in [3.05, 3.63) is 34.9 Å². The molecule has 6 nitrogen and oxygen atoms in total. The minimum Gasteiger partial charge on any atom is -0.392 e. The van der Waals surface area contributed by atoms with Crippen LogP contribution >= 0.6 is 11.6 Å². The van der Waals surface area contributed by atoms with Crippen LogP contribution in [-0.2, 0) is 20.9 Å². The van der Waals surface area contributed by atoms with Crippen LogP contribution in [0, 0.1) is 29.1 Å². The molecule has 0 saturated heterocycles. The van der Waals surface area contributed by atoms with Gasteiger partial charge in [-0.15, -0.1) is 0 Å². The number of hydrogen-bond donors (Lipinski definition) is 3. The quantitative estimate of drug-likeness (QED) is 0.575. The van der Waals surface area contributed by atoms with Gasteiger partial charge in [-0.3, -0.25) is 9.59 Å². The third kappa shape index (κ3) is 5.29. The molecule has 0 radical (unpaired) electrons. The predicted molar refractivity (Wildman–Crippen MR) is 125 cm³/mol. The van der Waals surface area contributed by atoms with Crippen LogP contribution in [0.5, 0.6) is 0 Å². The fourth-order valence-electron chi connectivity index (χ4n) is 6.06. The van der Waals surface area contributed by atoms with Gasteiger partial charge in [-0.2, -0.15) is 0 Å². The maximum atomic E-state index is 12.9. The molecule has 7 heteroatoms. The van der Waals surface area contributed by atoms with Gasteiger partial charge in [-0.1, -0.05) is 50.6 Å². The molecule has 7 atom stereocenters.